The zero-order valence-electron chi connectivity index (χ0n) is 12.6. The molecule has 0 amide bonds. The average Bonchev–Trinajstić information content (AvgIpc) is 2.50. The molecule has 9 heteroatoms. The third-order valence-electron chi connectivity index (χ3n) is 3.43. The van der Waals surface area contributed by atoms with Crippen LogP contribution < -0.4 is 0 Å². The molecule has 26 heavy (non-hydrogen) atoms. The first-order valence-electron chi connectivity index (χ1n) is 6.93. The number of hydrogen-bond acceptors (Lipinski definition) is 1. The minimum atomic E-state index is -4.62. The number of carboxylic acid groups (broad SMARTS) is 1. The highest BCUT2D eigenvalue weighted by Gasteiger charge is 2.40. The van der Waals surface area contributed by atoms with E-state index in [2.05, 4.69) is 15.9 Å². The third-order valence-corrected chi connectivity index (χ3v) is 5.14. The van der Waals surface area contributed by atoms with Crippen molar-refractivity contribution in [3.05, 3.63) is 72.6 Å². The molecule has 0 aromatic heterocycles. The lowest BCUT2D eigenvalue weighted by molar-refractivity contribution is -0.139. The van der Waals surface area contributed by atoms with Crippen molar-refractivity contribution in [2.24, 2.45) is 0 Å². The first kappa shape index (κ1) is 21.1. The Morgan fingerprint density at radius 2 is 1.69 bits per heavy atom. The second-order valence-electron chi connectivity index (χ2n) is 5.21. The molecule has 2 aromatic rings. The van der Waals surface area contributed by atoms with Crippen LogP contribution in [0.2, 0.25) is 15.1 Å². The van der Waals surface area contributed by atoms with E-state index < -0.39 is 18.1 Å². The summed E-state index contributed by atoms with van der Waals surface area (Å²) < 4.78 is 40.7. The molecule has 0 aliphatic heterocycles. The number of alkyl halides is 3. The fourth-order valence-corrected chi connectivity index (χ4v) is 3.42. The first-order valence-corrected chi connectivity index (χ1v) is 8.85. The molecule has 1 N–H and O–H groups in total. The summed E-state index contributed by atoms with van der Waals surface area (Å²) in [5.74, 6) is -3.16. The van der Waals surface area contributed by atoms with Crippen molar-refractivity contribution in [2.45, 2.75) is 12.1 Å². The number of benzene rings is 2. The van der Waals surface area contributed by atoms with Gasteiger partial charge in [0.1, 0.15) is 0 Å². The fourth-order valence-electron chi connectivity index (χ4n) is 2.18. The molecule has 0 bridgehead atoms. The molecule has 0 heterocycles. The second kappa shape index (κ2) is 8.21. The maximum atomic E-state index is 13.5. The van der Waals surface area contributed by atoms with Gasteiger partial charge in [-0.25, -0.2) is 4.79 Å². The molecule has 0 aliphatic carbocycles. The van der Waals surface area contributed by atoms with Crippen LogP contribution in [0.3, 0.4) is 0 Å². The lowest BCUT2D eigenvalue weighted by atomic mass is 9.96. The molecule has 0 saturated carbocycles. The zero-order chi connectivity index (χ0) is 19.6. The normalized spacial score (nSPS) is 13.2. The van der Waals surface area contributed by atoms with Crippen LogP contribution in [0, 0.1) is 0 Å². The van der Waals surface area contributed by atoms with E-state index in [1.807, 2.05) is 0 Å². The molecule has 138 valence electrons. The lowest BCUT2D eigenvalue weighted by Gasteiger charge is -2.19. The van der Waals surface area contributed by atoms with Crippen molar-refractivity contribution in [1.29, 1.82) is 0 Å². The number of halogens is 7. The van der Waals surface area contributed by atoms with Gasteiger partial charge in [0.05, 0.1) is 21.5 Å². The SMILES string of the molecule is O=C(O)c1ccc(C=CC(c2cc(Cl)c(Cl)cc2Cl)C(F)(F)F)cc1Br. The molecule has 0 spiro atoms. The quantitative estimate of drug-likeness (QED) is 0.454. The van der Waals surface area contributed by atoms with Crippen LogP contribution in [-0.4, -0.2) is 17.3 Å². The van der Waals surface area contributed by atoms with Crippen LogP contribution in [0.15, 0.2) is 40.9 Å². The maximum absolute atomic E-state index is 13.5. The van der Waals surface area contributed by atoms with Crippen molar-refractivity contribution in [2.75, 3.05) is 0 Å². The van der Waals surface area contributed by atoms with Gasteiger partial charge in [-0.15, -0.1) is 0 Å². The number of aromatic carboxylic acids is 1. The van der Waals surface area contributed by atoms with Gasteiger partial charge in [-0.2, -0.15) is 13.2 Å². The van der Waals surface area contributed by atoms with Crippen LogP contribution in [0.5, 0.6) is 0 Å². The van der Waals surface area contributed by atoms with Crippen LogP contribution >= 0.6 is 50.7 Å². The number of carbonyl (C=O) groups is 1. The fraction of sp³-hybridized carbons (Fsp3) is 0.118. The summed E-state index contributed by atoms with van der Waals surface area (Å²) in [6.45, 7) is 0. The lowest BCUT2D eigenvalue weighted by Crippen LogP contribution is -2.19. The van der Waals surface area contributed by atoms with Gasteiger partial charge in [0.15, 0.2) is 0 Å². The van der Waals surface area contributed by atoms with Gasteiger partial charge in [0.2, 0.25) is 0 Å². The van der Waals surface area contributed by atoms with Gasteiger partial charge in [-0.05, 0) is 51.3 Å². The van der Waals surface area contributed by atoms with E-state index in [-0.39, 0.29) is 30.7 Å². The molecule has 1 atom stereocenters. The second-order valence-corrected chi connectivity index (χ2v) is 7.29. The van der Waals surface area contributed by atoms with Crippen LogP contribution in [-0.2, 0) is 0 Å². The van der Waals surface area contributed by atoms with Gasteiger partial charge >= 0.3 is 12.1 Å². The standard InChI is InChI=1S/C17H9BrCl3F3O2/c18-12-5-8(1-3-9(12)16(25)26)2-4-11(17(22,23)24)10-6-14(20)15(21)7-13(10)19/h1-7,11H,(H,25,26). The van der Waals surface area contributed by atoms with E-state index in [9.17, 15) is 18.0 Å². The summed E-state index contributed by atoms with van der Waals surface area (Å²) in [5, 5.41) is 8.83. The summed E-state index contributed by atoms with van der Waals surface area (Å²) >= 11 is 20.6. The Morgan fingerprint density at radius 3 is 2.23 bits per heavy atom. The summed E-state index contributed by atoms with van der Waals surface area (Å²) in [7, 11) is 0. The molecular weight excluding hydrogens is 479 g/mol. The van der Waals surface area contributed by atoms with Crippen molar-refractivity contribution < 1.29 is 23.1 Å². The molecule has 0 fully saturated rings. The summed E-state index contributed by atoms with van der Waals surface area (Å²) in [5.41, 5.74) is 0.153. The molecule has 2 rings (SSSR count). The third kappa shape index (κ3) is 4.94. The molecule has 2 aromatic carbocycles. The summed E-state index contributed by atoms with van der Waals surface area (Å²) in [4.78, 5) is 11.0. The Morgan fingerprint density at radius 1 is 1.08 bits per heavy atom. The van der Waals surface area contributed by atoms with Gasteiger partial charge in [0, 0.05) is 9.50 Å². The Labute approximate surface area is 170 Å². The Bertz CT molecular complexity index is 882. The number of rotatable bonds is 4. The molecule has 0 saturated heterocycles. The summed E-state index contributed by atoms with van der Waals surface area (Å²) in [6.07, 6.45) is -2.46. The largest absolute Gasteiger partial charge is 0.478 e. The van der Waals surface area contributed by atoms with E-state index in [4.69, 9.17) is 39.9 Å². The van der Waals surface area contributed by atoms with Crippen LogP contribution in [0.4, 0.5) is 13.2 Å². The van der Waals surface area contributed by atoms with E-state index in [0.717, 1.165) is 18.2 Å². The highest BCUT2D eigenvalue weighted by atomic mass is 79.9. The van der Waals surface area contributed by atoms with E-state index in [1.165, 1.54) is 24.3 Å². The zero-order valence-corrected chi connectivity index (χ0v) is 16.5. The number of hydrogen-bond donors (Lipinski definition) is 1. The van der Waals surface area contributed by atoms with Crippen molar-refractivity contribution in [3.8, 4) is 0 Å². The highest BCUT2D eigenvalue weighted by molar-refractivity contribution is 9.10. The molecular formula is C17H9BrCl3F3O2. The first-order chi connectivity index (χ1) is 12.0. The van der Waals surface area contributed by atoms with Crippen LogP contribution in [0.25, 0.3) is 6.08 Å². The number of carboxylic acids is 1. The van der Waals surface area contributed by atoms with E-state index in [1.54, 1.807) is 0 Å². The topological polar surface area (TPSA) is 37.3 Å². The minimum absolute atomic E-state index is 0.00190. The Hall–Kier alpha value is -1.21. The van der Waals surface area contributed by atoms with Gasteiger partial charge < -0.3 is 5.11 Å². The van der Waals surface area contributed by atoms with Crippen molar-refractivity contribution in [1.82, 2.24) is 0 Å². The van der Waals surface area contributed by atoms with Gasteiger partial charge in [-0.3, -0.25) is 0 Å². The van der Waals surface area contributed by atoms with Crippen molar-refractivity contribution >= 4 is 62.8 Å². The van der Waals surface area contributed by atoms with E-state index >= 15 is 0 Å². The van der Waals surface area contributed by atoms with Gasteiger partial charge in [0.25, 0.3) is 0 Å². The predicted octanol–water partition coefficient (Wildman–Crippen LogP) is 7.47. The number of allylic oxidation sites excluding steroid dienone is 1. The Kier molecular flexibility index (Phi) is 6.66. The molecule has 0 radical (unpaired) electrons. The molecule has 1 unspecified atom stereocenters. The van der Waals surface area contributed by atoms with Crippen molar-refractivity contribution in [3.63, 3.8) is 0 Å². The Balaban J connectivity index is 2.44. The monoisotopic (exact) mass is 486 g/mol. The van der Waals surface area contributed by atoms with E-state index in [0.29, 0.717) is 5.56 Å². The molecule has 2 nitrogen and oxygen atoms in total. The smallest absolute Gasteiger partial charge is 0.399 e. The predicted molar refractivity (Wildman–Crippen MR) is 100 cm³/mol. The molecule has 0 aliphatic rings. The average molecular weight is 489 g/mol. The van der Waals surface area contributed by atoms with Gasteiger partial charge in [-0.1, -0.05) is 53.0 Å². The minimum Gasteiger partial charge on any atom is -0.478 e. The highest BCUT2D eigenvalue weighted by Crippen LogP contribution is 2.42. The van der Waals surface area contributed by atoms with Crippen LogP contribution in [0.1, 0.15) is 27.4 Å². The maximum Gasteiger partial charge on any atom is 0.399 e. The summed E-state index contributed by atoms with van der Waals surface area (Å²) in [6, 6.07) is 6.34.